The highest BCUT2D eigenvalue weighted by molar-refractivity contribution is 5.07. The molecule has 12 heavy (non-hydrogen) atoms. The lowest BCUT2D eigenvalue weighted by Crippen LogP contribution is -2.35. The molecule has 1 heterocycles. The molecule has 66 valence electrons. The molecular formula is C9H14N2O. The van der Waals surface area contributed by atoms with Crippen molar-refractivity contribution < 1.29 is 5.11 Å². The Bertz CT molecular complexity index is 359. The number of hydrogen-bond acceptors (Lipinski definition) is 2. The van der Waals surface area contributed by atoms with Gasteiger partial charge < -0.3 is 5.11 Å². The number of aliphatic hydroxyl groups is 1. The smallest absolute Gasteiger partial charge is 0.0787 e. The molecule has 1 N–H and O–H groups in total. The molecule has 0 atom stereocenters. The van der Waals surface area contributed by atoms with Gasteiger partial charge in [-0.15, -0.1) is 0 Å². The van der Waals surface area contributed by atoms with Crippen molar-refractivity contribution in [2.24, 2.45) is 0 Å². The summed E-state index contributed by atoms with van der Waals surface area (Å²) in [6.45, 7) is 11.4. The van der Waals surface area contributed by atoms with Gasteiger partial charge in [-0.05, 0) is 13.8 Å². The Morgan fingerprint density at radius 2 is 2.17 bits per heavy atom. The van der Waals surface area contributed by atoms with E-state index in [2.05, 4.69) is 18.3 Å². The van der Waals surface area contributed by atoms with Crippen LogP contribution in [0.4, 0.5) is 0 Å². The zero-order chi connectivity index (χ0) is 9.35. The van der Waals surface area contributed by atoms with Crippen LogP contribution in [0, 0.1) is 0 Å². The van der Waals surface area contributed by atoms with Crippen molar-refractivity contribution in [1.82, 2.24) is 9.78 Å². The van der Waals surface area contributed by atoms with Gasteiger partial charge in [0.25, 0.3) is 0 Å². The standard InChI is InChI=1S/C9H14N2O/c1-7-5-10-11(8(7)2)6-9(3,4)12/h5,12H,1-2,6H2,3-4H3. The van der Waals surface area contributed by atoms with E-state index < -0.39 is 5.60 Å². The maximum atomic E-state index is 9.50. The molecule has 0 unspecified atom stereocenters. The van der Waals surface area contributed by atoms with Crippen molar-refractivity contribution in [3.05, 3.63) is 16.8 Å². The van der Waals surface area contributed by atoms with E-state index in [9.17, 15) is 5.11 Å². The summed E-state index contributed by atoms with van der Waals surface area (Å²) in [5.41, 5.74) is -0.759. The Labute approximate surface area is 71.6 Å². The van der Waals surface area contributed by atoms with Crippen LogP contribution in [-0.2, 0) is 6.54 Å². The first-order chi connectivity index (χ1) is 5.40. The Kier molecular flexibility index (Phi) is 2.06. The average molecular weight is 166 g/mol. The normalized spacial score (nSPS) is 11.9. The molecule has 3 heteroatoms. The summed E-state index contributed by atoms with van der Waals surface area (Å²) < 4.78 is 1.66. The maximum absolute atomic E-state index is 9.50. The minimum atomic E-state index is -0.759. The van der Waals surface area contributed by atoms with Gasteiger partial charge in [0.05, 0.1) is 23.7 Å². The second-order valence-corrected chi connectivity index (χ2v) is 3.59. The van der Waals surface area contributed by atoms with E-state index in [1.807, 2.05) is 0 Å². The van der Waals surface area contributed by atoms with Gasteiger partial charge in [0, 0.05) is 5.22 Å². The van der Waals surface area contributed by atoms with Crippen LogP contribution >= 0.6 is 0 Å². The topological polar surface area (TPSA) is 38.0 Å². The zero-order valence-corrected chi connectivity index (χ0v) is 7.54. The average Bonchev–Trinajstić information content (AvgIpc) is 2.16. The lowest BCUT2D eigenvalue weighted by molar-refractivity contribution is 0.0568. The van der Waals surface area contributed by atoms with Gasteiger partial charge in [-0.1, -0.05) is 13.2 Å². The Hall–Kier alpha value is -1.09. The molecule has 0 amide bonds. The molecule has 0 saturated carbocycles. The van der Waals surface area contributed by atoms with Crippen LogP contribution < -0.4 is 10.6 Å². The van der Waals surface area contributed by atoms with Crippen molar-refractivity contribution in [3.8, 4) is 0 Å². The van der Waals surface area contributed by atoms with E-state index in [1.165, 1.54) is 0 Å². The maximum Gasteiger partial charge on any atom is 0.0787 e. The largest absolute Gasteiger partial charge is 0.389 e. The highest BCUT2D eigenvalue weighted by Crippen LogP contribution is 2.01. The van der Waals surface area contributed by atoms with E-state index >= 15 is 0 Å². The van der Waals surface area contributed by atoms with Gasteiger partial charge in [-0.2, -0.15) is 5.10 Å². The van der Waals surface area contributed by atoms with Crippen LogP contribution in [0.2, 0.25) is 0 Å². The number of aromatic nitrogens is 2. The first-order valence-corrected chi connectivity index (χ1v) is 3.82. The van der Waals surface area contributed by atoms with Crippen molar-refractivity contribution >= 4 is 13.2 Å². The first-order valence-electron chi connectivity index (χ1n) is 3.82. The minimum absolute atomic E-state index is 0.446. The first kappa shape index (κ1) is 9.00. The van der Waals surface area contributed by atoms with Gasteiger partial charge in [-0.25, -0.2) is 0 Å². The van der Waals surface area contributed by atoms with Gasteiger partial charge in [0.15, 0.2) is 0 Å². The van der Waals surface area contributed by atoms with E-state index in [0.717, 1.165) is 10.6 Å². The highest BCUT2D eigenvalue weighted by atomic mass is 16.3. The fourth-order valence-electron chi connectivity index (χ4n) is 0.952. The third-order valence-corrected chi connectivity index (χ3v) is 1.57. The third kappa shape index (κ3) is 1.95. The van der Waals surface area contributed by atoms with Gasteiger partial charge in [0.1, 0.15) is 0 Å². The van der Waals surface area contributed by atoms with E-state index in [-0.39, 0.29) is 0 Å². The number of nitrogens with zero attached hydrogens (tertiary/aromatic N) is 2. The van der Waals surface area contributed by atoms with E-state index in [0.29, 0.717) is 6.54 Å². The molecule has 3 nitrogen and oxygen atoms in total. The van der Waals surface area contributed by atoms with Crippen LogP contribution in [0.3, 0.4) is 0 Å². The van der Waals surface area contributed by atoms with Crippen LogP contribution in [0.1, 0.15) is 13.8 Å². The van der Waals surface area contributed by atoms with Crippen LogP contribution in [0.25, 0.3) is 13.2 Å². The molecule has 0 radical (unpaired) electrons. The Balaban J connectivity index is 2.99. The summed E-state index contributed by atoms with van der Waals surface area (Å²) in [5.74, 6) is 0. The molecule has 0 aliphatic heterocycles. The molecule has 1 aromatic heterocycles. The van der Waals surface area contributed by atoms with E-state index in [4.69, 9.17) is 0 Å². The second-order valence-electron chi connectivity index (χ2n) is 3.59. The molecule has 0 bridgehead atoms. The lowest BCUT2D eigenvalue weighted by atomic mass is 10.1. The van der Waals surface area contributed by atoms with E-state index in [1.54, 1.807) is 24.7 Å². The van der Waals surface area contributed by atoms with Crippen LogP contribution in [0.5, 0.6) is 0 Å². The summed E-state index contributed by atoms with van der Waals surface area (Å²) in [6.07, 6.45) is 1.65. The van der Waals surface area contributed by atoms with Crippen LogP contribution in [-0.4, -0.2) is 20.5 Å². The van der Waals surface area contributed by atoms with Crippen molar-refractivity contribution in [2.45, 2.75) is 26.0 Å². The fraction of sp³-hybridized carbons (Fsp3) is 0.444. The van der Waals surface area contributed by atoms with Gasteiger partial charge in [-0.3, -0.25) is 4.68 Å². The van der Waals surface area contributed by atoms with Crippen LogP contribution in [0.15, 0.2) is 6.20 Å². The van der Waals surface area contributed by atoms with Crippen molar-refractivity contribution in [3.63, 3.8) is 0 Å². The fourth-order valence-corrected chi connectivity index (χ4v) is 0.952. The number of hydrogen-bond donors (Lipinski definition) is 1. The third-order valence-electron chi connectivity index (χ3n) is 1.57. The predicted molar refractivity (Wildman–Crippen MR) is 48.8 cm³/mol. The Morgan fingerprint density at radius 3 is 2.50 bits per heavy atom. The Morgan fingerprint density at radius 1 is 1.58 bits per heavy atom. The summed E-state index contributed by atoms with van der Waals surface area (Å²) >= 11 is 0. The molecule has 0 aliphatic carbocycles. The molecule has 0 saturated heterocycles. The minimum Gasteiger partial charge on any atom is -0.389 e. The molecular weight excluding hydrogens is 152 g/mol. The molecule has 1 rings (SSSR count). The molecule has 0 spiro atoms. The second kappa shape index (κ2) is 2.75. The van der Waals surface area contributed by atoms with Crippen molar-refractivity contribution in [2.75, 3.05) is 0 Å². The van der Waals surface area contributed by atoms with Crippen molar-refractivity contribution in [1.29, 1.82) is 0 Å². The van der Waals surface area contributed by atoms with Gasteiger partial charge >= 0.3 is 0 Å². The molecule has 0 fully saturated rings. The summed E-state index contributed by atoms with van der Waals surface area (Å²) in [4.78, 5) is 0. The predicted octanol–water partition coefficient (Wildman–Crippen LogP) is -0.525. The molecule has 0 aliphatic rings. The molecule has 0 aromatic carbocycles. The SMILES string of the molecule is C=c1cnn(CC(C)(C)O)c1=C. The molecule has 1 aromatic rings. The zero-order valence-electron chi connectivity index (χ0n) is 7.54. The highest BCUT2D eigenvalue weighted by Gasteiger charge is 2.13. The summed E-state index contributed by atoms with van der Waals surface area (Å²) in [5, 5.41) is 15.1. The summed E-state index contributed by atoms with van der Waals surface area (Å²) in [7, 11) is 0. The van der Waals surface area contributed by atoms with Gasteiger partial charge in [0.2, 0.25) is 0 Å². The number of rotatable bonds is 2. The lowest BCUT2D eigenvalue weighted by Gasteiger charge is -2.16. The summed E-state index contributed by atoms with van der Waals surface area (Å²) in [6, 6.07) is 0. The quantitative estimate of drug-likeness (QED) is 0.641. The monoisotopic (exact) mass is 166 g/mol.